The fourth-order valence-electron chi connectivity index (χ4n) is 4.30. The van der Waals surface area contributed by atoms with E-state index >= 15 is 0 Å². The molecule has 2 aromatic heterocycles. The van der Waals surface area contributed by atoms with Crippen LogP contribution in [-0.4, -0.2) is 27.2 Å². The number of thiophene rings is 1. The van der Waals surface area contributed by atoms with E-state index in [9.17, 15) is 4.79 Å². The number of benzene rings is 1. The molecule has 1 aliphatic carbocycles. The van der Waals surface area contributed by atoms with E-state index in [0.29, 0.717) is 0 Å². The fourth-order valence-corrected chi connectivity index (χ4v) is 6.59. The number of amides is 1. The lowest BCUT2D eigenvalue weighted by molar-refractivity contribution is -0.118. The molecule has 0 radical (unpaired) electrons. The van der Waals surface area contributed by atoms with E-state index < -0.39 is 0 Å². The largest absolute Gasteiger partial charge is 0.308 e. The third-order valence-corrected chi connectivity index (χ3v) is 7.84. The van der Waals surface area contributed by atoms with Crippen LogP contribution in [0.2, 0.25) is 0 Å². The molecule has 1 aliphatic heterocycles. The van der Waals surface area contributed by atoms with E-state index in [4.69, 9.17) is 0 Å². The average molecular weight is 396 g/mol. The highest BCUT2D eigenvalue weighted by atomic mass is 32.2. The molecule has 0 bridgehead atoms. The summed E-state index contributed by atoms with van der Waals surface area (Å²) < 4.78 is 0. The van der Waals surface area contributed by atoms with Gasteiger partial charge in [0.25, 0.3) is 0 Å². The highest BCUT2D eigenvalue weighted by molar-refractivity contribution is 8.00. The third kappa shape index (κ3) is 2.77. The van der Waals surface area contributed by atoms with Gasteiger partial charge in [-0.15, -0.1) is 11.3 Å². The van der Waals surface area contributed by atoms with Crippen LogP contribution in [0.25, 0.3) is 10.2 Å². The smallest absolute Gasteiger partial charge is 0.240 e. The summed E-state index contributed by atoms with van der Waals surface area (Å²) in [4.78, 5) is 26.8. The zero-order valence-electron chi connectivity index (χ0n) is 15.4. The Kier molecular flexibility index (Phi) is 4.20. The third-order valence-electron chi connectivity index (χ3n) is 5.55. The molecule has 0 saturated heterocycles. The summed E-state index contributed by atoms with van der Waals surface area (Å²) in [5.74, 6) is 0.163. The van der Waals surface area contributed by atoms with Crippen molar-refractivity contribution in [3.63, 3.8) is 0 Å². The monoisotopic (exact) mass is 395 g/mol. The number of aromatic nitrogens is 2. The van der Waals surface area contributed by atoms with Gasteiger partial charge in [0, 0.05) is 22.0 Å². The van der Waals surface area contributed by atoms with Gasteiger partial charge in [-0.3, -0.25) is 4.79 Å². The Morgan fingerprint density at radius 1 is 1.30 bits per heavy atom. The van der Waals surface area contributed by atoms with Crippen molar-refractivity contribution in [1.29, 1.82) is 0 Å². The van der Waals surface area contributed by atoms with Crippen molar-refractivity contribution in [1.82, 2.24) is 9.97 Å². The van der Waals surface area contributed by atoms with Crippen LogP contribution in [0.3, 0.4) is 0 Å². The molecule has 5 rings (SSSR count). The maximum absolute atomic E-state index is 13.3. The number of hydrogen-bond acceptors (Lipinski definition) is 5. The van der Waals surface area contributed by atoms with E-state index in [-0.39, 0.29) is 17.2 Å². The number of rotatable bonds is 3. The number of aryl methyl sites for hydroxylation is 2. The molecular formula is C21H21N3OS2. The van der Waals surface area contributed by atoms with Gasteiger partial charge >= 0.3 is 0 Å². The van der Waals surface area contributed by atoms with Gasteiger partial charge in [-0.05, 0) is 56.7 Å². The first-order valence-electron chi connectivity index (χ1n) is 9.46. The van der Waals surface area contributed by atoms with Crippen molar-refractivity contribution < 1.29 is 4.79 Å². The first-order valence-corrected chi connectivity index (χ1v) is 11.2. The van der Waals surface area contributed by atoms with Gasteiger partial charge in [-0.2, -0.15) is 0 Å². The van der Waals surface area contributed by atoms with Crippen molar-refractivity contribution in [2.45, 2.75) is 55.8 Å². The van der Waals surface area contributed by atoms with Crippen LogP contribution in [-0.2, 0) is 24.1 Å². The van der Waals surface area contributed by atoms with E-state index in [1.807, 2.05) is 24.0 Å². The molecule has 1 aromatic carbocycles. The second-order valence-electron chi connectivity index (χ2n) is 7.37. The van der Waals surface area contributed by atoms with Crippen LogP contribution >= 0.6 is 23.1 Å². The Bertz CT molecular complexity index is 1050. The molecule has 2 aliphatic rings. The summed E-state index contributed by atoms with van der Waals surface area (Å²) >= 11 is 3.37. The second-order valence-corrected chi connectivity index (χ2v) is 9.78. The van der Waals surface area contributed by atoms with E-state index in [2.05, 4.69) is 29.0 Å². The highest BCUT2D eigenvalue weighted by Gasteiger charge is 2.34. The number of carbonyl (C=O) groups excluding carboxylic acids is 1. The average Bonchev–Trinajstić information content (AvgIpc) is 3.32. The molecule has 27 heavy (non-hydrogen) atoms. The molecule has 0 saturated carbocycles. The molecule has 0 N–H and O–H groups in total. The van der Waals surface area contributed by atoms with Crippen molar-refractivity contribution >= 4 is 44.9 Å². The maximum atomic E-state index is 13.3. The number of anilines is 1. The van der Waals surface area contributed by atoms with Gasteiger partial charge in [-0.1, -0.05) is 30.0 Å². The second kappa shape index (κ2) is 6.60. The number of fused-ring (bicyclic) bond motifs is 4. The number of carbonyl (C=O) groups is 1. The molecule has 2 atom stereocenters. The molecule has 2 unspecified atom stereocenters. The molecule has 0 spiro atoms. The van der Waals surface area contributed by atoms with Crippen LogP contribution < -0.4 is 4.90 Å². The molecule has 3 heterocycles. The first kappa shape index (κ1) is 17.2. The zero-order chi connectivity index (χ0) is 18.5. The minimum absolute atomic E-state index is 0.163. The first-order chi connectivity index (χ1) is 13.1. The zero-order valence-corrected chi connectivity index (χ0v) is 17.1. The van der Waals surface area contributed by atoms with Crippen LogP contribution in [0.1, 0.15) is 36.3 Å². The lowest BCUT2D eigenvalue weighted by Gasteiger charge is -2.25. The molecule has 4 nitrogen and oxygen atoms in total. The molecule has 0 fully saturated rings. The minimum Gasteiger partial charge on any atom is -0.308 e. The SMILES string of the molecule is CC(Sc1ncnc2sc3c(c12)CCC3)C(=O)N1c2ccccc2CC1C. The van der Waals surface area contributed by atoms with Crippen molar-refractivity contribution in [2.75, 3.05) is 4.90 Å². The van der Waals surface area contributed by atoms with Crippen LogP contribution in [0.5, 0.6) is 0 Å². The number of hydrogen-bond donors (Lipinski definition) is 0. The molecule has 138 valence electrons. The lowest BCUT2D eigenvalue weighted by atomic mass is 10.1. The predicted octanol–water partition coefficient (Wildman–Crippen LogP) is 4.64. The Labute approximate surface area is 167 Å². The van der Waals surface area contributed by atoms with E-state index in [1.165, 1.54) is 27.8 Å². The Morgan fingerprint density at radius 2 is 2.15 bits per heavy atom. The van der Waals surface area contributed by atoms with Crippen molar-refractivity contribution in [2.24, 2.45) is 0 Å². The standard InChI is InChI=1S/C21H21N3OS2/c1-12-10-14-6-3-4-8-16(14)24(12)21(25)13(2)26-19-18-15-7-5-9-17(15)27-20(18)23-11-22-19/h3-4,6,8,11-13H,5,7,9-10H2,1-2H3. The maximum Gasteiger partial charge on any atom is 0.240 e. The van der Waals surface area contributed by atoms with Gasteiger partial charge in [-0.25, -0.2) is 9.97 Å². The summed E-state index contributed by atoms with van der Waals surface area (Å²) in [6, 6.07) is 8.44. The highest BCUT2D eigenvalue weighted by Crippen LogP contribution is 2.41. The number of thioether (sulfide) groups is 1. The summed E-state index contributed by atoms with van der Waals surface area (Å²) in [5.41, 5.74) is 3.74. The van der Waals surface area contributed by atoms with Gasteiger partial charge in [0.05, 0.1) is 5.25 Å². The molecule has 1 amide bonds. The Hall–Kier alpha value is -1.92. The number of para-hydroxylation sites is 1. The van der Waals surface area contributed by atoms with Gasteiger partial charge in [0.2, 0.25) is 5.91 Å². The normalized spacial score (nSPS) is 19.3. The van der Waals surface area contributed by atoms with Crippen LogP contribution in [0, 0.1) is 0 Å². The van der Waals surface area contributed by atoms with E-state index in [0.717, 1.165) is 34.8 Å². The van der Waals surface area contributed by atoms with Crippen LogP contribution in [0.15, 0.2) is 35.6 Å². The fraction of sp³-hybridized carbons (Fsp3) is 0.381. The Morgan fingerprint density at radius 3 is 3.04 bits per heavy atom. The van der Waals surface area contributed by atoms with Gasteiger partial charge in [0.1, 0.15) is 16.2 Å². The van der Waals surface area contributed by atoms with Crippen molar-refractivity contribution in [3.05, 3.63) is 46.6 Å². The topological polar surface area (TPSA) is 46.1 Å². The molecule has 3 aromatic rings. The summed E-state index contributed by atoms with van der Waals surface area (Å²) in [7, 11) is 0. The lowest BCUT2D eigenvalue weighted by Crippen LogP contribution is -2.40. The van der Waals surface area contributed by atoms with E-state index in [1.54, 1.807) is 29.4 Å². The Balaban J connectivity index is 1.45. The molecular weight excluding hydrogens is 374 g/mol. The quantitative estimate of drug-likeness (QED) is 0.479. The summed E-state index contributed by atoms with van der Waals surface area (Å²) in [6.07, 6.45) is 6.04. The van der Waals surface area contributed by atoms with Crippen LogP contribution in [0.4, 0.5) is 5.69 Å². The molecule has 6 heteroatoms. The summed E-state index contributed by atoms with van der Waals surface area (Å²) in [6.45, 7) is 4.13. The predicted molar refractivity (Wildman–Crippen MR) is 112 cm³/mol. The summed E-state index contributed by atoms with van der Waals surface area (Å²) in [5, 5.41) is 1.96. The van der Waals surface area contributed by atoms with Gasteiger partial charge in [0.15, 0.2) is 0 Å². The van der Waals surface area contributed by atoms with Gasteiger partial charge < -0.3 is 4.90 Å². The van der Waals surface area contributed by atoms with Crippen molar-refractivity contribution in [3.8, 4) is 0 Å². The number of nitrogens with zero attached hydrogens (tertiary/aromatic N) is 3. The minimum atomic E-state index is -0.186.